The molecule has 1 aromatic rings. The topological polar surface area (TPSA) is 57.5 Å². The number of carbonyl (C=O) groups is 1. The van der Waals surface area contributed by atoms with Gasteiger partial charge in [-0.3, -0.25) is 4.79 Å². The average Bonchev–Trinajstić information content (AvgIpc) is 2.79. The maximum Gasteiger partial charge on any atom is 0.230 e. The number of aliphatic imine (C=N–C) groups is 1. The first-order chi connectivity index (χ1) is 15.8. The normalized spacial score (nSPS) is 19.5. The van der Waals surface area contributed by atoms with Crippen molar-refractivity contribution in [2.24, 2.45) is 15.6 Å². The Hall–Kier alpha value is -2.89. The molecule has 2 fully saturated rings. The predicted octanol–water partition coefficient (Wildman–Crippen LogP) is 5.49. The third-order valence-corrected chi connectivity index (χ3v) is 6.93. The zero-order valence-electron chi connectivity index (χ0n) is 20.8. The van der Waals surface area contributed by atoms with Crippen molar-refractivity contribution in [3.05, 3.63) is 53.9 Å². The first-order valence-electron chi connectivity index (χ1n) is 11.8. The van der Waals surface area contributed by atoms with Crippen molar-refractivity contribution in [2.75, 3.05) is 20.1 Å². The van der Waals surface area contributed by atoms with Gasteiger partial charge in [0.25, 0.3) is 0 Å². The van der Waals surface area contributed by atoms with Crippen LogP contribution in [0.2, 0.25) is 0 Å². The minimum atomic E-state index is 0.123. The van der Waals surface area contributed by atoms with Crippen LogP contribution < -0.4 is 0 Å². The van der Waals surface area contributed by atoms with E-state index in [1.54, 1.807) is 0 Å². The van der Waals surface area contributed by atoms with Gasteiger partial charge in [-0.15, -0.1) is 0 Å². The highest BCUT2D eigenvalue weighted by Crippen LogP contribution is 2.56. The Bertz CT molecular complexity index is 913. The highest BCUT2D eigenvalue weighted by molar-refractivity contribution is 5.79. The summed E-state index contributed by atoms with van der Waals surface area (Å²) in [5.74, 6) is 0.735. The van der Waals surface area contributed by atoms with Gasteiger partial charge in [0.15, 0.2) is 0 Å². The number of benzene rings is 1. The van der Waals surface area contributed by atoms with E-state index >= 15 is 0 Å². The van der Waals surface area contributed by atoms with Crippen molar-refractivity contribution in [2.45, 2.75) is 65.3 Å². The van der Waals surface area contributed by atoms with Crippen LogP contribution in [0.4, 0.5) is 0 Å². The molecule has 1 saturated carbocycles. The number of hydrogen-bond donors (Lipinski definition) is 0. The van der Waals surface area contributed by atoms with Gasteiger partial charge < -0.3 is 14.6 Å². The van der Waals surface area contributed by atoms with Gasteiger partial charge in [-0.25, -0.2) is 4.99 Å². The standard InChI is InChI=1S/C27H38N4O2/c1-6-24(33-29-22(2)3)18-25(32)31-16-13-27(14-17-31)19-26(4,20-27)30(5)21-28-15-12-23-10-8-7-9-11-23/h6-12,15,21H,13-14,16-20H2,1-5H3/b15-12+,24-6-,28-21?. The number of piperidine rings is 1. The molecule has 1 spiro atoms. The first kappa shape index (κ1) is 24.7. The Morgan fingerprint density at radius 3 is 2.45 bits per heavy atom. The van der Waals surface area contributed by atoms with Crippen LogP contribution in [0.15, 0.2) is 58.5 Å². The summed E-state index contributed by atoms with van der Waals surface area (Å²) >= 11 is 0. The molecular weight excluding hydrogens is 412 g/mol. The molecule has 178 valence electrons. The van der Waals surface area contributed by atoms with Crippen LogP contribution >= 0.6 is 0 Å². The number of rotatable bonds is 8. The Morgan fingerprint density at radius 2 is 1.85 bits per heavy atom. The zero-order valence-corrected chi connectivity index (χ0v) is 20.8. The second-order valence-corrected chi connectivity index (χ2v) is 9.89. The Balaban J connectivity index is 1.45. The van der Waals surface area contributed by atoms with E-state index in [1.165, 1.54) is 0 Å². The van der Waals surface area contributed by atoms with Crippen molar-refractivity contribution in [1.82, 2.24) is 9.80 Å². The lowest BCUT2D eigenvalue weighted by Crippen LogP contribution is -2.61. The first-order valence-corrected chi connectivity index (χ1v) is 11.8. The quantitative estimate of drug-likeness (QED) is 0.228. The fraction of sp³-hybridized carbons (Fsp3) is 0.519. The highest BCUT2D eigenvalue weighted by Gasteiger charge is 2.54. The SMILES string of the molecule is C/C=C(/CC(=O)N1CCC2(CC1)CC(C)(N(C)C=N/C=C/c1ccccc1)C2)ON=C(C)C. The van der Waals surface area contributed by atoms with E-state index in [2.05, 4.69) is 41.2 Å². The summed E-state index contributed by atoms with van der Waals surface area (Å²) in [6.45, 7) is 9.57. The second-order valence-electron chi connectivity index (χ2n) is 9.89. The van der Waals surface area contributed by atoms with Crippen molar-refractivity contribution < 1.29 is 9.63 Å². The van der Waals surface area contributed by atoms with E-state index in [0.29, 0.717) is 11.2 Å². The van der Waals surface area contributed by atoms with E-state index in [9.17, 15) is 4.79 Å². The smallest absolute Gasteiger partial charge is 0.230 e. The molecule has 1 amide bonds. The fourth-order valence-corrected chi connectivity index (χ4v) is 4.97. The highest BCUT2D eigenvalue weighted by atomic mass is 16.6. The molecule has 6 nitrogen and oxygen atoms in total. The maximum absolute atomic E-state index is 12.7. The molecule has 33 heavy (non-hydrogen) atoms. The second kappa shape index (κ2) is 10.8. The number of carbonyl (C=O) groups excluding carboxylic acids is 1. The van der Waals surface area contributed by atoms with E-state index < -0.39 is 0 Å². The third kappa shape index (κ3) is 6.56. The van der Waals surface area contributed by atoms with Crippen molar-refractivity contribution >= 4 is 24.0 Å². The molecule has 0 N–H and O–H groups in total. The summed E-state index contributed by atoms with van der Waals surface area (Å²) in [6.07, 6.45) is 12.3. The van der Waals surface area contributed by atoms with Crippen molar-refractivity contribution in [3.8, 4) is 0 Å². The maximum atomic E-state index is 12.7. The number of allylic oxidation sites excluding steroid dienone is 1. The number of nitrogens with zero attached hydrogens (tertiary/aromatic N) is 4. The monoisotopic (exact) mass is 450 g/mol. The Kier molecular flexibility index (Phi) is 8.11. The summed E-state index contributed by atoms with van der Waals surface area (Å²) in [6, 6.07) is 10.2. The van der Waals surface area contributed by atoms with Gasteiger partial charge in [0.05, 0.1) is 18.5 Å². The van der Waals surface area contributed by atoms with E-state index in [1.807, 2.05) is 68.6 Å². The fourth-order valence-electron chi connectivity index (χ4n) is 4.97. The molecule has 6 heteroatoms. The molecule has 1 saturated heterocycles. The van der Waals surface area contributed by atoms with Crippen LogP contribution in [0.3, 0.4) is 0 Å². The van der Waals surface area contributed by atoms with Crippen LogP contribution in [-0.2, 0) is 9.63 Å². The lowest BCUT2D eigenvalue weighted by atomic mass is 9.53. The van der Waals surface area contributed by atoms with Crippen LogP contribution in [0.5, 0.6) is 0 Å². The summed E-state index contributed by atoms with van der Waals surface area (Å²) in [7, 11) is 2.12. The molecule has 0 unspecified atom stereocenters. The molecule has 0 atom stereocenters. The summed E-state index contributed by atoms with van der Waals surface area (Å²) in [4.78, 5) is 26.8. The molecule has 1 aromatic carbocycles. The Labute approximate surface area is 198 Å². The number of oxime groups is 1. The van der Waals surface area contributed by atoms with E-state index in [0.717, 1.165) is 50.0 Å². The lowest BCUT2D eigenvalue weighted by molar-refractivity contribution is -0.137. The zero-order chi connectivity index (χ0) is 23.9. The van der Waals surface area contributed by atoms with Gasteiger partial charge in [0.1, 0.15) is 5.76 Å². The molecule has 0 aromatic heterocycles. The number of amides is 1. The molecule has 3 rings (SSSR count). The van der Waals surface area contributed by atoms with Crippen LogP contribution in [0.25, 0.3) is 6.08 Å². The van der Waals surface area contributed by atoms with Gasteiger partial charge in [0.2, 0.25) is 5.91 Å². The summed E-state index contributed by atoms with van der Waals surface area (Å²) in [5.41, 5.74) is 2.45. The van der Waals surface area contributed by atoms with Gasteiger partial charge in [-0.2, -0.15) is 0 Å². The van der Waals surface area contributed by atoms with E-state index in [4.69, 9.17) is 4.84 Å². The Morgan fingerprint density at radius 1 is 1.18 bits per heavy atom. The summed E-state index contributed by atoms with van der Waals surface area (Å²) < 4.78 is 0. The third-order valence-electron chi connectivity index (χ3n) is 6.93. The molecule has 1 aliphatic carbocycles. The van der Waals surface area contributed by atoms with E-state index in [-0.39, 0.29) is 17.9 Å². The van der Waals surface area contributed by atoms with Crippen molar-refractivity contribution in [1.29, 1.82) is 0 Å². The van der Waals surface area contributed by atoms with Crippen LogP contribution in [0, 0.1) is 5.41 Å². The molecule has 2 aliphatic rings. The molecule has 0 bridgehead atoms. The van der Waals surface area contributed by atoms with Crippen LogP contribution in [0.1, 0.15) is 65.4 Å². The summed E-state index contributed by atoms with van der Waals surface area (Å²) in [5, 5.41) is 3.97. The largest absolute Gasteiger partial charge is 0.361 e. The lowest BCUT2D eigenvalue weighted by Gasteiger charge is -2.60. The van der Waals surface area contributed by atoms with Gasteiger partial charge in [-0.05, 0) is 76.5 Å². The predicted molar refractivity (Wildman–Crippen MR) is 136 cm³/mol. The van der Waals surface area contributed by atoms with Crippen LogP contribution in [-0.4, -0.2) is 53.4 Å². The van der Waals surface area contributed by atoms with Gasteiger partial charge in [0, 0.05) is 31.9 Å². The minimum Gasteiger partial charge on any atom is -0.361 e. The van der Waals surface area contributed by atoms with Gasteiger partial charge >= 0.3 is 0 Å². The average molecular weight is 451 g/mol. The molecule has 1 heterocycles. The molecule has 1 aliphatic heterocycles. The molecular formula is C27H38N4O2. The minimum absolute atomic E-state index is 0.123. The molecule has 0 radical (unpaired) electrons. The van der Waals surface area contributed by atoms with Crippen molar-refractivity contribution in [3.63, 3.8) is 0 Å². The number of likely N-dealkylation sites (tertiary alicyclic amines) is 1. The number of hydrogen-bond acceptors (Lipinski definition) is 4. The van der Waals surface area contributed by atoms with Gasteiger partial charge in [-0.1, -0.05) is 35.5 Å².